The van der Waals surface area contributed by atoms with Gasteiger partial charge in [0.25, 0.3) is 5.91 Å². The summed E-state index contributed by atoms with van der Waals surface area (Å²) < 4.78 is 5.18. The molecule has 0 aromatic heterocycles. The van der Waals surface area contributed by atoms with Crippen LogP contribution < -0.4 is 4.74 Å². The predicted molar refractivity (Wildman–Crippen MR) is 69.4 cm³/mol. The van der Waals surface area contributed by atoms with Gasteiger partial charge in [-0.05, 0) is 31.9 Å². The van der Waals surface area contributed by atoms with Gasteiger partial charge in [0.1, 0.15) is 11.8 Å². The van der Waals surface area contributed by atoms with Crippen LogP contribution in [0.3, 0.4) is 0 Å². The van der Waals surface area contributed by atoms with Crippen molar-refractivity contribution >= 4 is 11.9 Å². The van der Waals surface area contributed by atoms with Crippen LogP contribution in [0.5, 0.6) is 5.75 Å². The lowest BCUT2D eigenvalue weighted by molar-refractivity contribution is -0.141. The molecular formula is C14H17NO4. The lowest BCUT2D eigenvalue weighted by Gasteiger charge is -2.22. The van der Waals surface area contributed by atoms with E-state index in [1.807, 2.05) is 13.0 Å². The van der Waals surface area contributed by atoms with Gasteiger partial charge in [-0.1, -0.05) is 11.6 Å². The molecule has 1 amide bonds. The summed E-state index contributed by atoms with van der Waals surface area (Å²) in [5.74, 6) is -0.741. The van der Waals surface area contributed by atoms with Crippen molar-refractivity contribution < 1.29 is 19.4 Å². The van der Waals surface area contributed by atoms with Gasteiger partial charge in [-0.3, -0.25) is 4.79 Å². The average Bonchev–Trinajstić information content (AvgIpc) is 2.87. The van der Waals surface area contributed by atoms with Gasteiger partial charge < -0.3 is 14.7 Å². The fourth-order valence-corrected chi connectivity index (χ4v) is 2.41. The van der Waals surface area contributed by atoms with Gasteiger partial charge in [-0.25, -0.2) is 4.79 Å². The van der Waals surface area contributed by atoms with Crippen molar-refractivity contribution in [1.82, 2.24) is 4.90 Å². The standard InChI is InChI=1S/C14H17NO4/c1-9-5-6-12(19-2)10(8-9)13(16)15-7-3-4-11(15)14(17)18/h5-6,8,11H,3-4,7H2,1-2H3,(H,17,18). The zero-order valence-corrected chi connectivity index (χ0v) is 11.0. The Labute approximate surface area is 111 Å². The first kappa shape index (κ1) is 13.4. The van der Waals surface area contributed by atoms with Crippen molar-refractivity contribution in [2.75, 3.05) is 13.7 Å². The molecule has 0 bridgehead atoms. The Balaban J connectivity index is 2.33. The lowest BCUT2D eigenvalue weighted by atomic mass is 10.1. The topological polar surface area (TPSA) is 66.8 Å². The summed E-state index contributed by atoms with van der Waals surface area (Å²) in [6.45, 7) is 2.36. The number of ether oxygens (including phenoxy) is 1. The largest absolute Gasteiger partial charge is 0.496 e. The van der Waals surface area contributed by atoms with Crippen molar-refractivity contribution in [3.63, 3.8) is 0 Å². The molecule has 19 heavy (non-hydrogen) atoms. The van der Waals surface area contributed by atoms with Gasteiger partial charge >= 0.3 is 5.97 Å². The molecule has 5 nitrogen and oxygen atoms in total. The van der Waals surface area contributed by atoms with E-state index in [0.29, 0.717) is 24.3 Å². The van der Waals surface area contributed by atoms with Crippen LogP contribution in [0.15, 0.2) is 18.2 Å². The fraction of sp³-hybridized carbons (Fsp3) is 0.429. The normalized spacial score (nSPS) is 18.4. The van der Waals surface area contributed by atoms with Crippen molar-refractivity contribution in [3.05, 3.63) is 29.3 Å². The van der Waals surface area contributed by atoms with Gasteiger partial charge in [-0.15, -0.1) is 0 Å². The predicted octanol–water partition coefficient (Wildman–Crippen LogP) is 1.69. The van der Waals surface area contributed by atoms with Crippen LogP contribution in [0.2, 0.25) is 0 Å². The number of hydrogen-bond acceptors (Lipinski definition) is 3. The fourth-order valence-electron chi connectivity index (χ4n) is 2.41. The number of amides is 1. The Morgan fingerprint density at radius 3 is 2.79 bits per heavy atom. The minimum Gasteiger partial charge on any atom is -0.496 e. The summed E-state index contributed by atoms with van der Waals surface area (Å²) >= 11 is 0. The van der Waals surface area contributed by atoms with Crippen molar-refractivity contribution in [3.8, 4) is 5.75 Å². The van der Waals surface area contributed by atoms with Crippen molar-refractivity contribution in [2.45, 2.75) is 25.8 Å². The van der Waals surface area contributed by atoms with Crippen molar-refractivity contribution in [1.29, 1.82) is 0 Å². The number of carbonyl (C=O) groups excluding carboxylic acids is 1. The smallest absolute Gasteiger partial charge is 0.326 e. The highest BCUT2D eigenvalue weighted by Crippen LogP contribution is 2.26. The van der Waals surface area contributed by atoms with Gasteiger partial charge in [0.2, 0.25) is 0 Å². The molecule has 0 aliphatic carbocycles. The van der Waals surface area contributed by atoms with Gasteiger partial charge in [0.05, 0.1) is 12.7 Å². The highest BCUT2D eigenvalue weighted by molar-refractivity contribution is 5.99. The van der Waals surface area contributed by atoms with Crippen LogP contribution in [0.1, 0.15) is 28.8 Å². The number of carboxylic acid groups (broad SMARTS) is 1. The Hall–Kier alpha value is -2.04. The van der Waals surface area contributed by atoms with E-state index in [1.165, 1.54) is 12.0 Å². The van der Waals surface area contributed by atoms with Crippen LogP contribution >= 0.6 is 0 Å². The molecule has 1 aliphatic heterocycles. The second kappa shape index (κ2) is 5.30. The van der Waals surface area contributed by atoms with Gasteiger partial charge in [-0.2, -0.15) is 0 Å². The zero-order chi connectivity index (χ0) is 14.0. The summed E-state index contributed by atoms with van der Waals surface area (Å²) in [4.78, 5) is 25.0. The summed E-state index contributed by atoms with van der Waals surface area (Å²) in [5.41, 5.74) is 1.37. The van der Waals surface area contributed by atoms with Gasteiger partial charge in [0.15, 0.2) is 0 Å². The number of aryl methyl sites for hydroxylation is 1. The average molecular weight is 263 g/mol. The Morgan fingerprint density at radius 2 is 2.16 bits per heavy atom. The van der Waals surface area contributed by atoms with E-state index in [2.05, 4.69) is 0 Å². The molecule has 0 saturated carbocycles. The lowest BCUT2D eigenvalue weighted by Crippen LogP contribution is -2.40. The SMILES string of the molecule is COc1ccc(C)cc1C(=O)N1CCCC1C(=O)O. The first-order valence-corrected chi connectivity index (χ1v) is 6.23. The highest BCUT2D eigenvalue weighted by Gasteiger charge is 2.35. The number of carbonyl (C=O) groups is 2. The van der Waals surface area contributed by atoms with E-state index in [1.54, 1.807) is 12.1 Å². The molecule has 1 N–H and O–H groups in total. The van der Waals surface area contributed by atoms with E-state index in [9.17, 15) is 9.59 Å². The quantitative estimate of drug-likeness (QED) is 0.901. The van der Waals surface area contributed by atoms with E-state index < -0.39 is 12.0 Å². The number of hydrogen-bond donors (Lipinski definition) is 1. The number of carboxylic acids is 1. The van der Waals surface area contributed by atoms with E-state index in [0.717, 1.165) is 12.0 Å². The molecule has 102 valence electrons. The summed E-state index contributed by atoms with van der Waals surface area (Å²) in [6.07, 6.45) is 1.23. The van der Waals surface area contributed by atoms with Crippen LogP contribution in [0.25, 0.3) is 0 Å². The summed E-state index contributed by atoms with van der Waals surface area (Å²) in [7, 11) is 1.50. The molecule has 1 fully saturated rings. The van der Waals surface area contributed by atoms with Crippen LogP contribution in [-0.4, -0.2) is 41.6 Å². The van der Waals surface area contributed by atoms with Crippen LogP contribution in [0.4, 0.5) is 0 Å². The Bertz CT molecular complexity index is 512. The number of methoxy groups -OCH3 is 1. The first-order valence-electron chi connectivity index (χ1n) is 6.23. The van der Waals surface area contributed by atoms with E-state index in [-0.39, 0.29) is 5.91 Å². The molecule has 0 radical (unpaired) electrons. The van der Waals surface area contributed by atoms with Gasteiger partial charge in [0, 0.05) is 6.54 Å². The molecule has 0 spiro atoms. The Kier molecular flexibility index (Phi) is 3.74. The molecule has 1 heterocycles. The summed E-state index contributed by atoms with van der Waals surface area (Å²) in [5, 5.41) is 9.14. The molecule has 1 atom stereocenters. The van der Waals surface area contributed by atoms with Crippen LogP contribution in [0, 0.1) is 6.92 Å². The second-order valence-corrected chi connectivity index (χ2v) is 4.70. The Morgan fingerprint density at radius 1 is 1.42 bits per heavy atom. The highest BCUT2D eigenvalue weighted by atomic mass is 16.5. The maximum Gasteiger partial charge on any atom is 0.326 e. The molecule has 1 aliphatic rings. The monoisotopic (exact) mass is 263 g/mol. The molecule has 1 aromatic carbocycles. The van der Waals surface area contributed by atoms with E-state index in [4.69, 9.17) is 9.84 Å². The molecule has 2 rings (SSSR count). The maximum atomic E-state index is 12.5. The third kappa shape index (κ3) is 2.54. The minimum absolute atomic E-state index is 0.273. The molecule has 5 heteroatoms. The molecule has 1 saturated heterocycles. The summed E-state index contributed by atoms with van der Waals surface area (Å²) in [6, 6.07) is 4.60. The molecular weight excluding hydrogens is 246 g/mol. The van der Waals surface area contributed by atoms with Crippen molar-refractivity contribution in [2.24, 2.45) is 0 Å². The number of rotatable bonds is 3. The number of benzene rings is 1. The first-order chi connectivity index (χ1) is 9.04. The number of aliphatic carboxylic acids is 1. The van der Waals surface area contributed by atoms with E-state index >= 15 is 0 Å². The van der Waals surface area contributed by atoms with Crippen LogP contribution in [-0.2, 0) is 4.79 Å². The third-order valence-corrected chi connectivity index (χ3v) is 3.38. The maximum absolute atomic E-state index is 12.5. The number of likely N-dealkylation sites (tertiary alicyclic amines) is 1. The third-order valence-electron chi connectivity index (χ3n) is 3.38. The zero-order valence-electron chi connectivity index (χ0n) is 11.0. The minimum atomic E-state index is -0.947. The second-order valence-electron chi connectivity index (χ2n) is 4.70. The molecule has 1 aromatic rings. The molecule has 1 unspecified atom stereocenters. The number of nitrogens with zero attached hydrogens (tertiary/aromatic N) is 1.